The molecule has 0 saturated heterocycles. The molecule has 0 atom stereocenters. The third-order valence-electron chi connectivity index (χ3n) is 2.34. The van der Waals surface area contributed by atoms with E-state index >= 15 is 0 Å². The average Bonchev–Trinajstić information content (AvgIpc) is 2.28. The Balaban J connectivity index is 2.37. The minimum absolute atomic E-state index is 0.890. The van der Waals surface area contributed by atoms with E-state index in [4.69, 9.17) is 4.74 Å². The van der Waals surface area contributed by atoms with Gasteiger partial charge in [0, 0.05) is 6.42 Å². The highest BCUT2D eigenvalue weighted by Crippen LogP contribution is 2.33. The van der Waals surface area contributed by atoms with Crippen LogP contribution in [0.1, 0.15) is 20.3 Å². The molecular weight excluding hydrogens is 186 g/mol. The number of nitrogens with one attached hydrogen (secondary N) is 1. The molecule has 2 nitrogen and oxygen atoms in total. The molecule has 78 valence electrons. The lowest BCUT2D eigenvalue weighted by atomic mass is 10.2. The zero-order valence-electron chi connectivity index (χ0n) is 9.08. The van der Waals surface area contributed by atoms with Gasteiger partial charge in [-0.15, -0.1) is 0 Å². The zero-order valence-corrected chi connectivity index (χ0v) is 9.08. The molecule has 2 rings (SSSR count). The van der Waals surface area contributed by atoms with E-state index in [1.54, 1.807) is 0 Å². The SMILES string of the molecule is C/C=C\C1=C(CC)Oc2ccccc2N1. The number of allylic oxidation sites excluding steroid dienone is 3. The molecule has 1 heterocycles. The summed E-state index contributed by atoms with van der Waals surface area (Å²) in [4.78, 5) is 0. The van der Waals surface area contributed by atoms with Crippen LogP contribution in [0.5, 0.6) is 5.75 Å². The van der Waals surface area contributed by atoms with E-state index in [1.165, 1.54) is 0 Å². The lowest BCUT2D eigenvalue weighted by molar-refractivity contribution is 0.400. The third-order valence-corrected chi connectivity index (χ3v) is 2.34. The number of rotatable bonds is 2. The number of para-hydroxylation sites is 2. The number of hydrogen-bond donors (Lipinski definition) is 1. The van der Waals surface area contributed by atoms with Gasteiger partial charge in [-0.25, -0.2) is 0 Å². The maximum atomic E-state index is 5.81. The van der Waals surface area contributed by atoms with Crippen LogP contribution >= 0.6 is 0 Å². The number of ether oxygens (including phenoxy) is 1. The molecule has 1 aliphatic heterocycles. The van der Waals surface area contributed by atoms with Gasteiger partial charge in [-0.2, -0.15) is 0 Å². The highest BCUT2D eigenvalue weighted by atomic mass is 16.5. The number of benzene rings is 1. The van der Waals surface area contributed by atoms with Gasteiger partial charge in [0.15, 0.2) is 0 Å². The molecular formula is C13H15NO. The monoisotopic (exact) mass is 201 g/mol. The molecule has 0 radical (unpaired) electrons. The molecule has 0 aromatic heterocycles. The largest absolute Gasteiger partial charge is 0.457 e. The van der Waals surface area contributed by atoms with Crippen LogP contribution in [0.4, 0.5) is 5.69 Å². The van der Waals surface area contributed by atoms with Crippen LogP contribution in [0.2, 0.25) is 0 Å². The summed E-state index contributed by atoms with van der Waals surface area (Å²) in [5, 5.41) is 3.37. The molecule has 0 saturated carbocycles. The van der Waals surface area contributed by atoms with Gasteiger partial charge in [0.05, 0.1) is 11.4 Å². The van der Waals surface area contributed by atoms with Gasteiger partial charge in [-0.05, 0) is 25.1 Å². The van der Waals surface area contributed by atoms with Gasteiger partial charge in [0.1, 0.15) is 11.5 Å². The fourth-order valence-corrected chi connectivity index (χ4v) is 1.63. The molecule has 0 fully saturated rings. The maximum absolute atomic E-state index is 5.81. The molecule has 0 spiro atoms. The predicted octanol–water partition coefficient (Wildman–Crippen LogP) is 3.69. The second-order valence-electron chi connectivity index (χ2n) is 3.41. The molecule has 15 heavy (non-hydrogen) atoms. The average molecular weight is 201 g/mol. The van der Waals surface area contributed by atoms with E-state index in [0.29, 0.717) is 0 Å². The van der Waals surface area contributed by atoms with E-state index in [9.17, 15) is 0 Å². The van der Waals surface area contributed by atoms with Crippen LogP contribution in [0.15, 0.2) is 47.9 Å². The Bertz CT molecular complexity index is 418. The summed E-state index contributed by atoms with van der Waals surface area (Å²) in [5.41, 5.74) is 2.08. The Morgan fingerprint density at radius 1 is 1.33 bits per heavy atom. The summed E-state index contributed by atoms with van der Waals surface area (Å²) in [6.07, 6.45) is 4.94. The smallest absolute Gasteiger partial charge is 0.150 e. The zero-order chi connectivity index (χ0) is 10.7. The number of fused-ring (bicyclic) bond motifs is 1. The van der Waals surface area contributed by atoms with Crippen molar-refractivity contribution < 1.29 is 4.74 Å². The maximum Gasteiger partial charge on any atom is 0.150 e. The van der Waals surface area contributed by atoms with Crippen molar-refractivity contribution in [1.29, 1.82) is 0 Å². The first-order chi connectivity index (χ1) is 7.35. The third kappa shape index (κ3) is 1.89. The lowest BCUT2D eigenvalue weighted by Gasteiger charge is -2.22. The van der Waals surface area contributed by atoms with Gasteiger partial charge in [-0.1, -0.05) is 25.1 Å². The number of hydrogen-bond acceptors (Lipinski definition) is 2. The van der Waals surface area contributed by atoms with Crippen LogP contribution in [0.3, 0.4) is 0 Å². The highest BCUT2D eigenvalue weighted by molar-refractivity contribution is 5.64. The first-order valence-electron chi connectivity index (χ1n) is 5.25. The molecule has 2 heteroatoms. The first kappa shape index (κ1) is 9.84. The molecule has 0 bridgehead atoms. The van der Waals surface area contributed by atoms with Crippen LogP contribution in [0.25, 0.3) is 0 Å². The van der Waals surface area contributed by atoms with Gasteiger partial charge in [0.25, 0.3) is 0 Å². The fraction of sp³-hybridized carbons (Fsp3) is 0.231. The van der Waals surface area contributed by atoms with Crippen molar-refractivity contribution in [1.82, 2.24) is 0 Å². The van der Waals surface area contributed by atoms with Crippen molar-refractivity contribution in [3.05, 3.63) is 47.9 Å². The van der Waals surface area contributed by atoms with Crippen molar-refractivity contribution in [2.75, 3.05) is 5.32 Å². The lowest BCUT2D eigenvalue weighted by Crippen LogP contribution is -2.12. The topological polar surface area (TPSA) is 21.3 Å². The summed E-state index contributed by atoms with van der Waals surface area (Å²) >= 11 is 0. The number of anilines is 1. The predicted molar refractivity (Wildman–Crippen MR) is 62.8 cm³/mol. The molecule has 0 amide bonds. The molecule has 1 aromatic rings. The molecule has 0 aliphatic carbocycles. The normalized spacial score (nSPS) is 14.8. The first-order valence-corrected chi connectivity index (χ1v) is 5.25. The van der Waals surface area contributed by atoms with Gasteiger partial charge >= 0.3 is 0 Å². The van der Waals surface area contributed by atoms with Gasteiger partial charge < -0.3 is 10.1 Å². The minimum Gasteiger partial charge on any atom is -0.457 e. The van der Waals surface area contributed by atoms with Crippen molar-refractivity contribution in [3.8, 4) is 5.75 Å². The molecule has 1 N–H and O–H groups in total. The van der Waals surface area contributed by atoms with Gasteiger partial charge in [-0.3, -0.25) is 0 Å². The summed E-state index contributed by atoms with van der Waals surface area (Å²) in [6.45, 7) is 4.09. The van der Waals surface area contributed by atoms with Gasteiger partial charge in [0.2, 0.25) is 0 Å². The van der Waals surface area contributed by atoms with E-state index in [-0.39, 0.29) is 0 Å². The van der Waals surface area contributed by atoms with Crippen molar-refractivity contribution in [2.45, 2.75) is 20.3 Å². The quantitative estimate of drug-likeness (QED) is 0.788. The standard InChI is InChI=1S/C13H15NO/c1-3-7-10-12(4-2)15-13-9-6-5-8-11(13)14-10/h3,5-9,14H,4H2,1-2H3/b7-3-. The fourth-order valence-electron chi connectivity index (χ4n) is 1.63. The van der Waals surface area contributed by atoms with Crippen LogP contribution in [-0.4, -0.2) is 0 Å². The van der Waals surface area contributed by atoms with E-state index < -0.39 is 0 Å². The summed E-state index contributed by atoms with van der Waals surface area (Å²) in [6, 6.07) is 7.98. The summed E-state index contributed by atoms with van der Waals surface area (Å²) in [7, 11) is 0. The Kier molecular flexibility index (Phi) is 2.77. The molecule has 1 aliphatic rings. The van der Waals surface area contributed by atoms with E-state index in [2.05, 4.69) is 12.2 Å². The summed E-state index contributed by atoms with van der Waals surface area (Å²) < 4.78 is 5.81. The van der Waals surface area contributed by atoms with E-state index in [1.807, 2.05) is 43.3 Å². The molecule has 0 unspecified atom stereocenters. The van der Waals surface area contributed by atoms with Crippen molar-refractivity contribution in [3.63, 3.8) is 0 Å². The second kappa shape index (κ2) is 4.22. The molecule has 1 aromatic carbocycles. The second-order valence-corrected chi connectivity index (χ2v) is 3.41. The van der Waals surface area contributed by atoms with Crippen LogP contribution < -0.4 is 10.1 Å². The Hall–Kier alpha value is -1.70. The van der Waals surface area contributed by atoms with Crippen molar-refractivity contribution in [2.24, 2.45) is 0 Å². The summed E-state index contributed by atoms with van der Waals surface area (Å²) in [5.74, 6) is 1.90. The highest BCUT2D eigenvalue weighted by Gasteiger charge is 2.15. The Morgan fingerprint density at radius 3 is 2.87 bits per heavy atom. The minimum atomic E-state index is 0.890. The van der Waals surface area contributed by atoms with Crippen LogP contribution in [-0.2, 0) is 0 Å². The Morgan fingerprint density at radius 2 is 2.13 bits per heavy atom. The van der Waals surface area contributed by atoms with E-state index in [0.717, 1.165) is 29.3 Å². The Labute approximate surface area is 90.3 Å². The van der Waals surface area contributed by atoms with Crippen molar-refractivity contribution >= 4 is 5.69 Å². The van der Waals surface area contributed by atoms with Crippen LogP contribution in [0, 0.1) is 0 Å².